The van der Waals surface area contributed by atoms with Gasteiger partial charge in [-0.05, 0) is 32.1 Å². The fourth-order valence-corrected chi connectivity index (χ4v) is 5.00. The first-order valence-corrected chi connectivity index (χ1v) is 16.3. The maximum Gasteiger partial charge on any atom is 0.309 e. The van der Waals surface area contributed by atoms with E-state index in [-0.39, 0.29) is 13.0 Å². The van der Waals surface area contributed by atoms with Crippen LogP contribution in [0.3, 0.4) is 0 Å². The SMILES string of the molecule is C=CCOC(=O)C(CCCCCCCCCCCCCC/C=C/CCCCCCCCCCC)CC(=O)O. The van der Waals surface area contributed by atoms with Gasteiger partial charge < -0.3 is 9.84 Å². The van der Waals surface area contributed by atoms with E-state index in [1.165, 1.54) is 134 Å². The van der Waals surface area contributed by atoms with Crippen LogP contribution in [0.15, 0.2) is 24.8 Å². The Labute approximate surface area is 236 Å². The Bertz CT molecular complexity index is 569. The molecule has 0 aromatic rings. The van der Waals surface area contributed by atoms with E-state index in [0.717, 1.165) is 19.3 Å². The number of ether oxygens (including phenoxy) is 1. The first-order chi connectivity index (χ1) is 18.6. The number of allylic oxidation sites excluding steroid dienone is 2. The third-order valence-electron chi connectivity index (χ3n) is 7.41. The molecule has 0 heterocycles. The van der Waals surface area contributed by atoms with Gasteiger partial charge in [0.25, 0.3) is 0 Å². The average Bonchev–Trinajstić information content (AvgIpc) is 2.90. The number of carboxylic acid groups (broad SMARTS) is 1. The Hall–Kier alpha value is -1.58. The molecular weight excluding hydrogens is 472 g/mol. The monoisotopic (exact) mass is 534 g/mol. The summed E-state index contributed by atoms with van der Waals surface area (Å²) in [5.74, 6) is -1.89. The van der Waals surface area contributed by atoms with Gasteiger partial charge in [0.15, 0.2) is 0 Å². The zero-order valence-corrected chi connectivity index (χ0v) is 25.1. The number of rotatable bonds is 30. The van der Waals surface area contributed by atoms with Crippen molar-refractivity contribution >= 4 is 11.9 Å². The molecule has 0 rings (SSSR count). The van der Waals surface area contributed by atoms with E-state index in [2.05, 4.69) is 25.7 Å². The lowest BCUT2D eigenvalue weighted by Gasteiger charge is -2.13. The number of hydrogen-bond donors (Lipinski definition) is 1. The van der Waals surface area contributed by atoms with Crippen LogP contribution in [0.1, 0.15) is 167 Å². The molecule has 0 aliphatic carbocycles. The lowest BCUT2D eigenvalue weighted by Crippen LogP contribution is -2.21. The predicted molar refractivity (Wildman–Crippen MR) is 163 cm³/mol. The summed E-state index contributed by atoms with van der Waals surface area (Å²) < 4.78 is 5.04. The molecule has 0 spiro atoms. The van der Waals surface area contributed by atoms with Gasteiger partial charge in [0.2, 0.25) is 0 Å². The summed E-state index contributed by atoms with van der Waals surface area (Å²) in [6, 6.07) is 0. The standard InChI is InChI=1S/C34H62O4/c1-3-5-6-7-8-9-10-11-12-13-14-15-16-17-18-19-20-21-22-23-24-25-26-27-28-29-32(31-33(35)36)34(37)38-30-4-2/h4,14-15,32H,2-3,5-13,16-31H2,1H3,(H,35,36)/b15-14+. The van der Waals surface area contributed by atoms with Gasteiger partial charge in [-0.15, -0.1) is 0 Å². The molecule has 0 aromatic carbocycles. The van der Waals surface area contributed by atoms with Crippen LogP contribution >= 0.6 is 0 Å². The molecule has 222 valence electrons. The van der Waals surface area contributed by atoms with Crippen molar-refractivity contribution < 1.29 is 19.4 Å². The number of hydrogen-bond acceptors (Lipinski definition) is 3. The summed E-state index contributed by atoms with van der Waals surface area (Å²) in [7, 11) is 0. The summed E-state index contributed by atoms with van der Waals surface area (Å²) in [4.78, 5) is 23.0. The highest BCUT2D eigenvalue weighted by Gasteiger charge is 2.22. The predicted octanol–water partition coefficient (Wildman–Crippen LogP) is 10.7. The van der Waals surface area contributed by atoms with E-state index in [4.69, 9.17) is 9.84 Å². The Morgan fingerprint density at radius 3 is 1.45 bits per heavy atom. The average molecular weight is 535 g/mol. The van der Waals surface area contributed by atoms with Gasteiger partial charge in [-0.25, -0.2) is 0 Å². The Morgan fingerprint density at radius 2 is 1.05 bits per heavy atom. The minimum Gasteiger partial charge on any atom is -0.481 e. The normalized spacial score (nSPS) is 12.1. The molecule has 0 saturated heterocycles. The van der Waals surface area contributed by atoms with Gasteiger partial charge in [0, 0.05) is 0 Å². The zero-order valence-electron chi connectivity index (χ0n) is 25.1. The topological polar surface area (TPSA) is 63.6 Å². The summed E-state index contributed by atoms with van der Waals surface area (Å²) >= 11 is 0. The minimum absolute atomic E-state index is 0.145. The van der Waals surface area contributed by atoms with Crippen molar-refractivity contribution in [2.24, 2.45) is 5.92 Å². The van der Waals surface area contributed by atoms with E-state index in [1.807, 2.05) is 0 Å². The molecule has 0 bridgehead atoms. The molecule has 0 aliphatic rings. The van der Waals surface area contributed by atoms with Gasteiger partial charge in [0.1, 0.15) is 6.61 Å². The molecule has 38 heavy (non-hydrogen) atoms. The van der Waals surface area contributed by atoms with Crippen molar-refractivity contribution in [1.29, 1.82) is 0 Å². The summed E-state index contributed by atoms with van der Waals surface area (Å²) in [5.41, 5.74) is 0. The van der Waals surface area contributed by atoms with Crippen molar-refractivity contribution in [3.05, 3.63) is 24.8 Å². The fraction of sp³-hybridized carbons (Fsp3) is 0.824. The van der Waals surface area contributed by atoms with Gasteiger partial charge in [0.05, 0.1) is 12.3 Å². The van der Waals surface area contributed by atoms with Crippen LogP contribution in [-0.4, -0.2) is 23.7 Å². The van der Waals surface area contributed by atoms with Crippen molar-refractivity contribution in [2.45, 2.75) is 167 Å². The van der Waals surface area contributed by atoms with Crippen LogP contribution in [0, 0.1) is 5.92 Å². The first kappa shape index (κ1) is 36.4. The highest BCUT2D eigenvalue weighted by atomic mass is 16.5. The molecule has 0 fully saturated rings. The van der Waals surface area contributed by atoms with Crippen LogP contribution in [0.4, 0.5) is 0 Å². The maximum absolute atomic E-state index is 12.0. The van der Waals surface area contributed by atoms with Crippen LogP contribution in [0.25, 0.3) is 0 Å². The number of unbranched alkanes of at least 4 members (excludes halogenated alkanes) is 21. The number of carbonyl (C=O) groups is 2. The molecule has 4 heteroatoms. The zero-order chi connectivity index (χ0) is 27.9. The van der Waals surface area contributed by atoms with Crippen molar-refractivity contribution in [1.82, 2.24) is 0 Å². The number of carbonyl (C=O) groups excluding carboxylic acids is 1. The Balaban J connectivity index is 3.37. The highest BCUT2D eigenvalue weighted by Crippen LogP contribution is 2.18. The van der Waals surface area contributed by atoms with E-state index < -0.39 is 17.9 Å². The highest BCUT2D eigenvalue weighted by molar-refractivity contribution is 5.79. The van der Waals surface area contributed by atoms with Crippen LogP contribution in [0.5, 0.6) is 0 Å². The molecule has 0 saturated carbocycles. The van der Waals surface area contributed by atoms with Crippen molar-refractivity contribution in [3.63, 3.8) is 0 Å². The Morgan fingerprint density at radius 1 is 0.658 bits per heavy atom. The Kier molecular flexibility index (Phi) is 28.7. The summed E-state index contributed by atoms with van der Waals surface area (Å²) in [5, 5.41) is 9.02. The molecule has 0 aromatic heterocycles. The molecule has 1 unspecified atom stereocenters. The second-order valence-electron chi connectivity index (χ2n) is 11.1. The van der Waals surface area contributed by atoms with Crippen LogP contribution in [-0.2, 0) is 14.3 Å². The molecule has 0 radical (unpaired) electrons. The number of aliphatic carboxylic acids is 1. The first-order valence-electron chi connectivity index (χ1n) is 16.3. The third kappa shape index (κ3) is 27.5. The van der Waals surface area contributed by atoms with Crippen LogP contribution < -0.4 is 0 Å². The molecule has 0 aliphatic heterocycles. The lowest BCUT2D eigenvalue weighted by atomic mass is 9.97. The molecule has 4 nitrogen and oxygen atoms in total. The molecular formula is C34H62O4. The maximum atomic E-state index is 12.0. The van der Waals surface area contributed by atoms with Gasteiger partial charge in [-0.2, -0.15) is 0 Å². The quantitative estimate of drug-likeness (QED) is 0.0565. The second kappa shape index (κ2) is 30.0. The largest absolute Gasteiger partial charge is 0.481 e. The third-order valence-corrected chi connectivity index (χ3v) is 7.41. The van der Waals surface area contributed by atoms with E-state index >= 15 is 0 Å². The molecule has 1 N–H and O–H groups in total. The number of carboxylic acids is 1. The van der Waals surface area contributed by atoms with Gasteiger partial charge in [-0.3, -0.25) is 9.59 Å². The number of esters is 1. The smallest absolute Gasteiger partial charge is 0.309 e. The van der Waals surface area contributed by atoms with E-state index in [1.54, 1.807) is 0 Å². The summed E-state index contributed by atoms with van der Waals surface area (Å²) in [6.07, 6.45) is 37.1. The second-order valence-corrected chi connectivity index (χ2v) is 11.1. The fourth-order valence-electron chi connectivity index (χ4n) is 5.00. The van der Waals surface area contributed by atoms with Crippen molar-refractivity contribution in [3.8, 4) is 0 Å². The lowest BCUT2D eigenvalue weighted by molar-refractivity contribution is -0.152. The van der Waals surface area contributed by atoms with E-state index in [9.17, 15) is 9.59 Å². The van der Waals surface area contributed by atoms with Gasteiger partial charge in [-0.1, -0.05) is 154 Å². The van der Waals surface area contributed by atoms with Crippen LogP contribution in [0.2, 0.25) is 0 Å². The molecule has 1 atom stereocenters. The molecule has 0 amide bonds. The van der Waals surface area contributed by atoms with E-state index in [0.29, 0.717) is 6.42 Å². The van der Waals surface area contributed by atoms with Crippen molar-refractivity contribution in [2.75, 3.05) is 6.61 Å². The summed E-state index contributed by atoms with van der Waals surface area (Å²) in [6.45, 7) is 5.95. The minimum atomic E-state index is -0.943. The van der Waals surface area contributed by atoms with Gasteiger partial charge >= 0.3 is 11.9 Å².